The minimum Gasteiger partial charge on any atom is -0.382 e. The van der Waals surface area contributed by atoms with Gasteiger partial charge in [0.05, 0.1) is 11.6 Å². The molecule has 0 radical (unpaired) electrons. The van der Waals surface area contributed by atoms with Crippen LogP contribution in [-0.2, 0) is 0 Å². The molecule has 2 rings (SSSR count). The van der Waals surface area contributed by atoms with Crippen LogP contribution in [-0.4, -0.2) is 6.04 Å². The molecular weight excluding hydrogens is 276 g/mol. The molecule has 90 valence electrons. The maximum absolute atomic E-state index is 8.94. The van der Waals surface area contributed by atoms with Gasteiger partial charge < -0.3 is 5.32 Å². The van der Waals surface area contributed by atoms with Crippen molar-refractivity contribution in [1.29, 1.82) is 5.26 Å². The van der Waals surface area contributed by atoms with Gasteiger partial charge in [-0.2, -0.15) is 5.26 Å². The molecule has 3 atom stereocenters. The second-order valence-electron chi connectivity index (χ2n) is 5.00. The van der Waals surface area contributed by atoms with Crippen LogP contribution in [0.5, 0.6) is 0 Å². The zero-order chi connectivity index (χ0) is 12.4. The lowest BCUT2D eigenvalue weighted by Crippen LogP contribution is -2.23. The SMILES string of the molecule is CC1CCC(Nc2cc(Br)cc(C#N)c2)C1C. The van der Waals surface area contributed by atoms with Crippen molar-refractivity contribution in [3.05, 3.63) is 28.2 Å². The molecular formula is C14H17BrN2. The van der Waals surface area contributed by atoms with Gasteiger partial charge in [-0.15, -0.1) is 0 Å². The third-order valence-corrected chi connectivity index (χ3v) is 4.30. The Morgan fingerprint density at radius 2 is 2.06 bits per heavy atom. The molecule has 1 aromatic carbocycles. The first-order chi connectivity index (χ1) is 8.10. The molecule has 0 amide bonds. The first-order valence-corrected chi connectivity index (χ1v) is 6.86. The Hall–Kier alpha value is -1.01. The minimum absolute atomic E-state index is 0.533. The number of benzene rings is 1. The van der Waals surface area contributed by atoms with Crippen molar-refractivity contribution in [2.75, 3.05) is 5.32 Å². The molecule has 0 aromatic heterocycles. The number of nitriles is 1. The molecule has 3 heteroatoms. The van der Waals surface area contributed by atoms with Crippen molar-refractivity contribution in [3.63, 3.8) is 0 Å². The second-order valence-corrected chi connectivity index (χ2v) is 5.92. The third kappa shape index (κ3) is 2.81. The van der Waals surface area contributed by atoms with E-state index in [1.54, 1.807) is 0 Å². The fourth-order valence-electron chi connectivity index (χ4n) is 2.52. The molecule has 1 aliphatic carbocycles. The van der Waals surface area contributed by atoms with Crippen molar-refractivity contribution in [2.24, 2.45) is 11.8 Å². The molecule has 0 saturated heterocycles. The van der Waals surface area contributed by atoms with Crippen LogP contribution in [0.1, 0.15) is 32.3 Å². The summed E-state index contributed by atoms with van der Waals surface area (Å²) in [5.74, 6) is 1.48. The number of anilines is 1. The third-order valence-electron chi connectivity index (χ3n) is 3.84. The summed E-state index contributed by atoms with van der Waals surface area (Å²) in [6.07, 6.45) is 2.51. The monoisotopic (exact) mass is 292 g/mol. The number of halogens is 1. The van der Waals surface area contributed by atoms with Crippen LogP contribution in [0.3, 0.4) is 0 Å². The van der Waals surface area contributed by atoms with Gasteiger partial charge in [-0.25, -0.2) is 0 Å². The van der Waals surface area contributed by atoms with Gasteiger partial charge >= 0.3 is 0 Å². The Labute approximate surface area is 111 Å². The zero-order valence-electron chi connectivity index (χ0n) is 10.2. The van der Waals surface area contributed by atoms with Crippen LogP contribution in [0.2, 0.25) is 0 Å². The van der Waals surface area contributed by atoms with E-state index in [0.717, 1.165) is 16.1 Å². The Bertz CT molecular complexity index is 450. The molecule has 2 nitrogen and oxygen atoms in total. The number of nitrogens with zero attached hydrogens (tertiary/aromatic N) is 1. The summed E-state index contributed by atoms with van der Waals surface area (Å²) in [5, 5.41) is 12.5. The first kappa shape index (κ1) is 12.4. The predicted molar refractivity (Wildman–Crippen MR) is 73.8 cm³/mol. The van der Waals surface area contributed by atoms with Gasteiger partial charge in [-0.3, -0.25) is 0 Å². The Balaban J connectivity index is 2.14. The van der Waals surface area contributed by atoms with E-state index in [0.29, 0.717) is 17.5 Å². The maximum Gasteiger partial charge on any atom is 0.0992 e. The van der Waals surface area contributed by atoms with Gasteiger partial charge in [0.15, 0.2) is 0 Å². The van der Waals surface area contributed by atoms with E-state index in [-0.39, 0.29) is 0 Å². The standard InChI is InChI=1S/C14H17BrN2/c1-9-3-4-14(10(9)2)17-13-6-11(8-16)5-12(15)7-13/h5-7,9-10,14,17H,3-4H2,1-2H3. The van der Waals surface area contributed by atoms with Crippen LogP contribution < -0.4 is 5.32 Å². The van der Waals surface area contributed by atoms with Crippen LogP contribution in [0.4, 0.5) is 5.69 Å². The lowest BCUT2D eigenvalue weighted by atomic mass is 9.97. The summed E-state index contributed by atoms with van der Waals surface area (Å²) in [7, 11) is 0. The van der Waals surface area contributed by atoms with E-state index in [1.165, 1.54) is 12.8 Å². The molecule has 1 N–H and O–H groups in total. The van der Waals surface area contributed by atoms with Crippen LogP contribution >= 0.6 is 15.9 Å². The highest BCUT2D eigenvalue weighted by atomic mass is 79.9. The summed E-state index contributed by atoms with van der Waals surface area (Å²) >= 11 is 3.44. The summed E-state index contributed by atoms with van der Waals surface area (Å²) in [6, 6.07) is 8.51. The molecule has 1 aromatic rings. The number of rotatable bonds is 2. The van der Waals surface area contributed by atoms with Gasteiger partial charge in [-0.05, 0) is 42.9 Å². The first-order valence-electron chi connectivity index (χ1n) is 6.07. The van der Waals surface area contributed by atoms with Crippen molar-refractivity contribution in [2.45, 2.75) is 32.7 Å². The van der Waals surface area contributed by atoms with Gasteiger partial charge in [0.1, 0.15) is 0 Å². The van der Waals surface area contributed by atoms with Crippen molar-refractivity contribution in [3.8, 4) is 6.07 Å². The molecule has 0 aliphatic heterocycles. The predicted octanol–water partition coefficient (Wildman–Crippen LogP) is 4.17. The lowest BCUT2D eigenvalue weighted by Gasteiger charge is -2.21. The second kappa shape index (κ2) is 5.10. The van der Waals surface area contributed by atoms with Crippen LogP contribution in [0.15, 0.2) is 22.7 Å². The largest absolute Gasteiger partial charge is 0.382 e. The topological polar surface area (TPSA) is 35.8 Å². The van der Waals surface area contributed by atoms with Gasteiger partial charge in [0, 0.05) is 16.2 Å². The van der Waals surface area contributed by atoms with E-state index < -0.39 is 0 Å². The van der Waals surface area contributed by atoms with E-state index in [9.17, 15) is 0 Å². The molecule has 0 bridgehead atoms. The molecule has 0 heterocycles. The molecule has 1 saturated carbocycles. The Kier molecular flexibility index (Phi) is 3.73. The Morgan fingerprint density at radius 3 is 2.65 bits per heavy atom. The van der Waals surface area contributed by atoms with E-state index in [2.05, 4.69) is 41.2 Å². The molecule has 1 aliphatic rings. The maximum atomic E-state index is 8.94. The van der Waals surface area contributed by atoms with Crippen LogP contribution in [0.25, 0.3) is 0 Å². The van der Waals surface area contributed by atoms with Gasteiger partial charge in [0.2, 0.25) is 0 Å². The fraction of sp³-hybridized carbons (Fsp3) is 0.500. The fourth-order valence-corrected chi connectivity index (χ4v) is 3.01. The van der Waals surface area contributed by atoms with E-state index >= 15 is 0 Å². The van der Waals surface area contributed by atoms with Gasteiger partial charge in [0.25, 0.3) is 0 Å². The van der Waals surface area contributed by atoms with Gasteiger partial charge in [-0.1, -0.05) is 29.8 Å². The zero-order valence-corrected chi connectivity index (χ0v) is 11.8. The Morgan fingerprint density at radius 1 is 1.29 bits per heavy atom. The number of hydrogen-bond donors (Lipinski definition) is 1. The van der Waals surface area contributed by atoms with Crippen molar-refractivity contribution >= 4 is 21.6 Å². The minimum atomic E-state index is 0.533. The average molecular weight is 293 g/mol. The summed E-state index contributed by atoms with van der Waals surface area (Å²) in [5.41, 5.74) is 1.74. The van der Waals surface area contributed by atoms with E-state index in [1.807, 2.05) is 18.2 Å². The smallest absolute Gasteiger partial charge is 0.0992 e. The number of hydrogen-bond acceptors (Lipinski definition) is 2. The van der Waals surface area contributed by atoms with Crippen LogP contribution in [0, 0.1) is 23.2 Å². The summed E-state index contributed by atoms with van der Waals surface area (Å²) in [6.45, 7) is 4.62. The van der Waals surface area contributed by atoms with E-state index in [4.69, 9.17) is 5.26 Å². The molecule has 1 fully saturated rings. The molecule has 0 spiro atoms. The van der Waals surface area contributed by atoms with Crippen molar-refractivity contribution < 1.29 is 0 Å². The normalized spacial score (nSPS) is 27.8. The highest BCUT2D eigenvalue weighted by Crippen LogP contribution is 2.33. The highest BCUT2D eigenvalue weighted by molar-refractivity contribution is 9.10. The summed E-state index contributed by atoms with van der Waals surface area (Å²) < 4.78 is 0.956. The molecule has 17 heavy (non-hydrogen) atoms. The quantitative estimate of drug-likeness (QED) is 0.888. The van der Waals surface area contributed by atoms with Crippen molar-refractivity contribution in [1.82, 2.24) is 0 Å². The number of nitrogens with one attached hydrogen (secondary N) is 1. The lowest BCUT2D eigenvalue weighted by molar-refractivity contribution is 0.435. The summed E-state index contributed by atoms with van der Waals surface area (Å²) in [4.78, 5) is 0. The average Bonchev–Trinajstić information content (AvgIpc) is 2.60. The molecule has 3 unspecified atom stereocenters. The highest BCUT2D eigenvalue weighted by Gasteiger charge is 2.29.